The highest BCUT2D eigenvalue weighted by molar-refractivity contribution is 5.79. The topological polar surface area (TPSA) is 61.5 Å². The molecule has 102 valence electrons. The molecule has 0 spiro atoms. The molecule has 4 heteroatoms. The average molecular weight is 245 g/mol. The van der Waals surface area contributed by atoms with Gasteiger partial charge in [-0.3, -0.25) is 4.79 Å². The number of hydrogen-bond donors (Lipinski definition) is 1. The van der Waals surface area contributed by atoms with Crippen LogP contribution in [-0.2, 0) is 14.3 Å². The largest absolute Gasteiger partial charge is 0.468 e. The van der Waals surface area contributed by atoms with Gasteiger partial charge in [0.15, 0.2) is 0 Å². The molecule has 2 unspecified atom stereocenters. The zero-order chi connectivity index (χ0) is 13.5. The summed E-state index contributed by atoms with van der Waals surface area (Å²) in [5.41, 5.74) is 4.90. The average Bonchev–Trinajstić information content (AvgIpc) is 2.22. The summed E-state index contributed by atoms with van der Waals surface area (Å²) < 4.78 is 10.3. The molecule has 2 N–H and O–H groups in total. The number of carbonyl (C=O) groups excluding carboxylic acids is 1. The molecule has 0 aliphatic rings. The molecule has 0 aromatic heterocycles. The summed E-state index contributed by atoms with van der Waals surface area (Å²) in [6.07, 6.45) is 2.64. The van der Waals surface area contributed by atoms with Crippen LogP contribution in [0.3, 0.4) is 0 Å². The first kappa shape index (κ1) is 16.4. The molecule has 0 amide bonds. The molecule has 0 rings (SSSR count). The maximum absolute atomic E-state index is 11.4. The van der Waals surface area contributed by atoms with E-state index < -0.39 is 11.5 Å². The molecular weight excluding hydrogens is 218 g/mol. The van der Waals surface area contributed by atoms with E-state index in [-0.39, 0.29) is 6.10 Å². The quantitative estimate of drug-likeness (QED) is 0.525. The summed E-state index contributed by atoms with van der Waals surface area (Å²) >= 11 is 0. The Kier molecular flexibility index (Phi) is 7.39. The Labute approximate surface area is 105 Å². The monoisotopic (exact) mass is 245 g/mol. The van der Waals surface area contributed by atoms with E-state index in [0.717, 1.165) is 19.4 Å². The van der Waals surface area contributed by atoms with Gasteiger partial charge in [0, 0.05) is 13.0 Å². The normalized spacial score (nSPS) is 16.6. The van der Waals surface area contributed by atoms with Crippen molar-refractivity contribution in [1.29, 1.82) is 0 Å². The Morgan fingerprint density at radius 2 is 1.94 bits per heavy atom. The predicted octanol–water partition coefficient (Wildman–Crippen LogP) is 2.11. The third kappa shape index (κ3) is 7.34. The molecule has 0 heterocycles. The Hall–Kier alpha value is -0.610. The Balaban J connectivity index is 3.85. The van der Waals surface area contributed by atoms with Gasteiger partial charge in [0.1, 0.15) is 5.54 Å². The van der Waals surface area contributed by atoms with Crippen molar-refractivity contribution in [2.24, 2.45) is 11.7 Å². The van der Waals surface area contributed by atoms with Crippen molar-refractivity contribution in [2.75, 3.05) is 13.7 Å². The second-order valence-corrected chi connectivity index (χ2v) is 5.33. The van der Waals surface area contributed by atoms with Gasteiger partial charge >= 0.3 is 5.97 Å². The van der Waals surface area contributed by atoms with Crippen molar-refractivity contribution in [3.05, 3.63) is 0 Å². The molecule has 0 radical (unpaired) electrons. The van der Waals surface area contributed by atoms with Gasteiger partial charge in [0.2, 0.25) is 0 Å². The highest BCUT2D eigenvalue weighted by Crippen LogP contribution is 2.14. The minimum Gasteiger partial charge on any atom is -0.468 e. The fourth-order valence-electron chi connectivity index (χ4n) is 1.75. The lowest BCUT2D eigenvalue weighted by Gasteiger charge is -2.25. The highest BCUT2D eigenvalue weighted by Gasteiger charge is 2.31. The van der Waals surface area contributed by atoms with Crippen LogP contribution >= 0.6 is 0 Å². The second kappa shape index (κ2) is 7.67. The van der Waals surface area contributed by atoms with Crippen LogP contribution in [-0.4, -0.2) is 31.3 Å². The minimum atomic E-state index is -0.966. The third-order valence-electron chi connectivity index (χ3n) is 2.69. The van der Waals surface area contributed by atoms with E-state index in [2.05, 4.69) is 18.6 Å². The van der Waals surface area contributed by atoms with Crippen molar-refractivity contribution >= 4 is 5.97 Å². The number of esters is 1. The summed E-state index contributed by atoms with van der Waals surface area (Å²) in [5, 5.41) is 0. The van der Waals surface area contributed by atoms with Crippen molar-refractivity contribution < 1.29 is 14.3 Å². The smallest absolute Gasteiger partial charge is 0.325 e. The van der Waals surface area contributed by atoms with Gasteiger partial charge in [0.05, 0.1) is 13.2 Å². The van der Waals surface area contributed by atoms with Crippen LogP contribution < -0.4 is 5.73 Å². The second-order valence-electron chi connectivity index (χ2n) is 5.33. The van der Waals surface area contributed by atoms with Crippen molar-refractivity contribution in [2.45, 2.75) is 58.6 Å². The number of hydrogen-bond acceptors (Lipinski definition) is 4. The van der Waals surface area contributed by atoms with Gasteiger partial charge in [-0.15, -0.1) is 0 Å². The lowest BCUT2D eigenvalue weighted by Crippen LogP contribution is -2.48. The number of methoxy groups -OCH3 is 1. The van der Waals surface area contributed by atoms with Crippen LogP contribution in [0, 0.1) is 5.92 Å². The van der Waals surface area contributed by atoms with Gasteiger partial charge in [-0.1, -0.05) is 13.8 Å². The first-order valence-corrected chi connectivity index (χ1v) is 6.28. The molecule has 0 saturated heterocycles. The Morgan fingerprint density at radius 1 is 1.35 bits per heavy atom. The number of carbonyl (C=O) groups is 1. The highest BCUT2D eigenvalue weighted by atomic mass is 16.5. The summed E-state index contributed by atoms with van der Waals surface area (Å²) in [6.45, 7) is 8.71. The van der Waals surface area contributed by atoms with E-state index >= 15 is 0 Å². The van der Waals surface area contributed by atoms with Gasteiger partial charge in [-0.2, -0.15) is 0 Å². The molecular formula is C13H27NO3. The van der Waals surface area contributed by atoms with Crippen LogP contribution in [0.25, 0.3) is 0 Å². The maximum Gasteiger partial charge on any atom is 0.325 e. The molecule has 0 saturated carbocycles. The lowest BCUT2D eigenvalue weighted by molar-refractivity contribution is -0.147. The zero-order valence-corrected chi connectivity index (χ0v) is 11.8. The van der Waals surface area contributed by atoms with E-state index in [1.54, 1.807) is 6.92 Å². The summed E-state index contributed by atoms with van der Waals surface area (Å²) in [5.74, 6) is 0.305. The van der Waals surface area contributed by atoms with Crippen molar-refractivity contribution in [3.63, 3.8) is 0 Å². The minimum absolute atomic E-state index is 0.0312. The van der Waals surface area contributed by atoms with Crippen LogP contribution in [0.5, 0.6) is 0 Å². The Morgan fingerprint density at radius 3 is 2.41 bits per heavy atom. The fourth-order valence-corrected chi connectivity index (χ4v) is 1.75. The number of rotatable bonds is 8. The van der Waals surface area contributed by atoms with E-state index in [1.807, 2.05) is 6.92 Å². The van der Waals surface area contributed by atoms with Gasteiger partial charge in [0.25, 0.3) is 0 Å². The van der Waals surface area contributed by atoms with E-state index in [9.17, 15) is 4.79 Å². The van der Waals surface area contributed by atoms with Crippen LogP contribution in [0.2, 0.25) is 0 Å². The molecule has 17 heavy (non-hydrogen) atoms. The van der Waals surface area contributed by atoms with Crippen molar-refractivity contribution in [3.8, 4) is 0 Å². The predicted molar refractivity (Wildman–Crippen MR) is 68.7 cm³/mol. The van der Waals surface area contributed by atoms with Gasteiger partial charge < -0.3 is 15.2 Å². The van der Waals surface area contributed by atoms with Gasteiger partial charge in [-0.25, -0.2) is 0 Å². The first-order valence-electron chi connectivity index (χ1n) is 6.28. The molecule has 4 nitrogen and oxygen atoms in total. The molecule has 0 aromatic carbocycles. The summed E-state index contributed by atoms with van der Waals surface area (Å²) in [4.78, 5) is 11.4. The number of nitrogens with two attached hydrogens (primary N) is 1. The standard InChI is InChI=1S/C13H27NO3/c1-10(2)7-6-8-17-11(3)9-13(4,14)12(15)16-5/h10-11H,6-9,14H2,1-5H3. The third-order valence-corrected chi connectivity index (χ3v) is 2.69. The molecule has 0 bridgehead atoms. The molecule has 0 aliphatic carbocycles. The molecule has 2 atom stereocenters. The lowest BCUT2D eigenvalue weighted by atomic mass is 9.96. The first-order chi connectivity index (χ1) is 7.79. The summed E-state index contributed by atoms with van der Waals surface area (Å²) in [6, 6.07) is 0. The SMILES string of the molecule is COC(=O)C(C)(N)CC(C)OCCCC(C)C. The summed E-state index contributed by atoms with van der Waals surface area (Å²) in [7, 11) is 1.35. The van der Waals surface area contributed by atoms with Crippen LogP contribution in [0.4, 0.5) is 0 Å². The van der Waals surface area contributed by atoms with E-state index in [0.29, 0.717) is 12.3 Å². The Bertz CT molecular complexity index is 227. The fraction of sp³-hybridized carbons (Fsp3) is 0.923. The van der Waals surface area contributed by atoms with Crippen LogP contribution in [0.15, 0.2) is 0 Å². The molecule has 0 aromatic rings. The van der Waals surface area contributed by atoms with E-state index in [1.165, 1.54) is 7.11 Å². The zero-order valence-electron chi connectivity index (χ0n) is 11.8. The maximum atomic E-state index is 11.4. The van der Waals surface area contributed by atoms with Crippen LogP contribution in [0.1, 0.15) is 47.0 Å². The molecule has 0 aliphatic heterocycles. The van der Waals surface area contributed by atoms with Crippen molar-refractivity contribution in [1.82, 2.24) is 0 Å². The number of ether oxygens (including phenoxy) is 2. The molecule has 0 fully saturated rings. The van der Waals surface area contributed by atoms with E-state index in [4.69, 9.17) is 10.5 Å². The van der Waals surface area contributed by atoms with Gasteiger partial charge in [-0.05, 0) is 32.6 Å².